The maximum Gasteiger partial charge on any atom is 0.197 e. The minimum atomic E-state index is 0.477. The number of aromatic nitrogens is 1. The van der Waals surface area contributed by atoms with Gasteiger partial charge in [0.1, 0.15) is 0 Å². The lowest BCUT2D eigenvalue weighted by molar-refractivity contribution is 0.299. The van der Waals surface area contributed by atoms with Gasteiger partial charge in [-0.25, -0.2) is 0 Å². The molecule has 0 bridgehead atoms. The van der Waals surface area contributed by atoms with Crippen molar-refractivity contribution in [1.29, 1.82) is 0 Å². The lowest BCUT2D eigenvalue weighted by atomic mass is 10.4. The molecule has 104 valence electrons. The van der Waals surface area contributed by atoms with Crippen molar-refractivity contribution in [2.75, 3.05) is 43.8 Å². The predicted octanol–water partition coefficient (Wildman–Crippen LogP) is 2.27. The van der Waals surface area contributed by atoms with Gasteiger partial charge in [-0.1, -0.05) is 13.8 Å². The van der Waals surface area contributed by atoms with Gasteiger partial charge in [-0.05, 0) is 38.0 Å². The number of nitrogens with one attached hydrogen (secondary N) is 1. The molecule has 1 aromatic rings. The Labute approximate surface area is 113 Å². The number of hydrogen-bond donors (Lipinski definition) is 2. The van der Waals surface area contributed by atoms with Crippen LogP contribution < -0.4 is 15.8 Å². The number of nitrogen functional groups attached to an aromatic ring is 1. The summed E-state index contributed by atoms with van der Waals surface area (Å²) in [5.41, 5.74) is 5.76. The van der Waals surface area contributed by atoms with Gasteiger partial charge in [0.05, 0.1) is 6.61 Å². The zero-order valence-corrected chi connectivity index (χ0v) is 12.3. The summed E-state index contributed by atoms with van der Waals surface area (Å²) in [6.07, 6.45) is 1.19. The van der Waals surface area contributed by atoms with Crippen LogP contribution in [0.2, 0.25) is 0 Å². The molecule has 1 heterocycles. The van der Waals surface area contributed by atoms with E-state index >= 15 is 0 Å². The van der Waals surface area contributed by atoms with Gasteiger partial charge in [0.2, 0.25) is 0 Å². The van der Waals surface area contributed by atoms with Crippen molar-refractivity contribution in [3.8, 4) is 5.75 Å². The molecule has 0 radical (unpaired) electrons. The Kier molecular flexibility index (Phi) is 6.82. The van der Waals surface area contributed by atoms with E-state index in [0.717, 1.165) is 31.2 Å². The zero-order chi connectivity index (χ0) is 13.4. The summed E-state index contributed by atoms with van der Waals surface area (Å²) < 4.78 is 9.59. The van der Waals surface area contributed by atoms with Crippen LogP contribution in [0.1, 0.15) is 27.2 Å². The van der Waals surface area contributed by atoms with Crippen LogP contribution in [-0.4, -0.2) is 42.1 Å². The standard InChI is InChI=1S/C12H24N4OS/c1-4-8-16(5-2)9-7-14-12-10(17-6-3)11(13)15-18-12/h14H,4-9H2,1-3H3,(H2,13,15). The minimum Gasteiger partial charge on any atom is -0.487 e. The Hall–Kier alpha value is -1.01. The molecule has 0 aliphatic carbocycles. The maximum absolute atomic E-state index is 5.76. The second-order valence-corrected chi connectivity index (χ2v) is 4.79. The summed E-state index contributed by atoms with van der Waals surface area (Å²) >= 11 is 1.36. The monoisotopic (exact) mass is 272 g/mol. The summed E-state index contributed by atoms with van der Waals surface area (Å²) in [6.45, 7) is 11.1. The molecule has 1 aromatic heterocycles. The van der Waals surface area contributed by atoms with E-state index < -0.39 is 0 Å². The highest BCUT2D eigenvalue weighted by atomic mass is 32.1. The van der Waals surface area contributed by atoms with Crippen LogP contribution in [-0.2, 0) is 0 Å². The van der Waals surface area contributed by atoms with Gasteiger partial charge >= 0.3 is 0 Å². The largest absolute Gasteiger partial charge is 0.487 e. The second-order valence-electron chi connectivity index (χ2n) is 4.02. The fourth-order valence-corrected chi connectivity index (χ4v) is 2.45. The molecular weight excluding hydrogens is 248 g/mol. The van der Waals surface area contributed by atoms with E-state index in [9.17, 15) is 0 Å². The highest BCUT2D eigenvalue weighted by Crippen LogP contribution is 2.34. The first kappa shape index (κ1) is 15.0. The molecule has 0 saturated heterocycles. The number of likely N-dealkylation sites (N-methyl/N-ethyl adjacent to an activating group) is 1. The van der Waals surface area contributed by atoms with Crippen LogP contribution in [0.25, 0.3) is 0 Å². The van der Waals surface area contributed by atoms with Gasteiger partial charge in [0.25, 0.3) is 0 Å². The molecule has 1 rings (SSSR count). The summed E-state index contributed by atoms with van der Waals surface area (Å²) in [7, 11) is 0. The number of anilines is 2. The van der Waals surface area contributed by atoms with Crippen LogP contribution in [0, 0.1) is 0 Å². The van der Waals surface area contributed by atoms with Crippen molar-refractivity contribution >= 4 is 22.4 Å². The van der Waals surface area contributed by atoms with Gasteiger partial charge in [-0.15, -0.1) is 0 Å². The highest BCUT2D eigenvalue weighted by molar-refractivity contribution is 7.11. The first-order valence-electron chi connectivity index (χ1n) is 6.57. The third-order valence-electron chi connectivity index (χ3n) is 2.66. The van der Waals surface area contributed by atoms with Crippen molar-refractivity contribution in [2.24, 2.45) is 0 Å². The molecule has 0 aliphatic heterocycles. The number of hydrogen-bond acceptors (Lipinski definition) is 6. The summed E-state index contributed by atoms with van der Waals surface area (Å²) in [6, 6.07) is 0. The number of rotatable bonds is 9. The fourth-order valence-electron chi connectivity index (χ4n) is 1.76. The maximum atomic E-state index is 5.76. The molecule has 0 unspecified atom stereocenters. The van der Waals surface area contributed by atoms with Crippen LogP contribution in [0.5, 0.6) is 5.75 Å². The third kappa shape index (κ3) is 4.34. The Morgan fingerprint density at radius 2 is 2.11 bits per heavy atom. The van der Waals surface area contributed by atoms with Crippen LogP contribution >= 0.6 is 11.5 Å². The topological polar surface area (TPSA) is 63.4 Å². The van der Waals surface area contributed by atoms with E-state index in [1.165, 1.54) is 18.0 Å². The quantitative estimate of drug-likeness (QED) is 0.722. The summed E-state index contributed by atoms with van der Waals surface area (Å²) in [4.78, 5) is 2.41. The Balaban J connectivity index is 2.43. The Morgan fingerprint density at radius 3 is 2.72 bits per heavy atom. The number of nitrogens with two attached hydrogens (primary N) is 1. The van der Waals surface area contributed by atoms with Crippen molar-refractivity contribution in [3.05, 3.63) is 0 Å². The van der Waals surface area contributed by atoms with Gasteiger partial charge in [0.15, 0.2) is 16.6 Å². The highest BCUT2D eigenvalue weighted by Gasteiger charge is 2.12. The summed E-state index contributed by atoms with van der Waals surface area (Å²) in [5.74, 6) is 1.17. The fraction of sp³-hybridized carbons (Fsp3) is 0.750. The van der Waals surface area contributed by atoms with E-state index in [1.54, 1.807) is 0 Å². The average molecular weight is 272 g/mol. The van der Waals surface area contributed by atoms with Crippen LogP contribution in [0.3, 0.4) is 0 Å². The molecule has 0 aliphatic rings. The molecule has 0 aromatic carbocycles. The molecule has 3 N–H and O–H groups in total. The molecule has 0 amide bonds. The van der Waals surface area contributed by atoms with Gasteiger partial charge < -0.3 is 20.7 Å². The van der Waals surface area contributed by atoms with Crippen LogP contribution in [0.15, 0.2) is 0 Å². The van der Waals surface area contributed by atoms with Gasteiger partial charge in [-0.2, -0.15) is 4.37 Å². The molecular formula is C12H24N4OS. The first-order valence-corrected chi connectivity index (χ1v) is 7.34. The first-order chi connectivity index (χ1) is 8.72. The molecule has 0 atom stereocenters. The Bertz CT molecular complexity index is 343. The second kappa shape index (κ2) is 8.16. The molecule has 0 saturated carbocycles. The zero-order valence-electron chi connectivity index (χ0n) is 11.5. The van der Waals surface area contributed by atoms with Crippen molar-refractivity contribution in [2.45, 2.75) is 27.2 Å². The van der Waals surface area contributed by atoms with Crippen LogP contribution in [0.4, 0.5) is 10.8 Å². The van der Waals surface area contributed by atoms with E-state index in [2.05, 4.69) is 28.4 Å². The summed E-state index contributed by atoms with van der Waals surface area (Å²) in [5, 5.41) is 4.28. The lowest BCUT2D eigenvalue weighted by Crippen LogP contribution is -2.29. The lowest BCUT2D eigenvalue weighted by Gasteiger charge is -2.19. The average Bonchev–Trinajstić information content (AvgIpc) is 2.71. The van der Waals surface area contributed by atoms with E-state index in [1.807, 2.05) is 6.92 Å². The van der Waals surface area contributed by atoms with E-state index in [0.29, 0.717) is 18.2 Å². The molecule has 0 fully saturated rings. The number of nitrogens with zero attached hydrogens (tertiary/aromatic N) is 2. The van der Waals surface area contributed by atoms with Crippen molar-refractivity contribution < 1.29 is 4.74 Å². The predicted molar refractivity (Wildman–Crippen MR) is 78.6 cm³/mol. The smallest absolute Gasteiger partial charge is 0.197 e. The third-order valence-corrected chi connectivity index (χ3v) is 3.46. The van der Waals surface area contributed by atoms with E-state index in [-0.39, 0.29) is 0 Å². The molecule has 6 heteroatoms. The normalized spacial score (nSPS) is 10.9. The van der Waals surface area contributed by atoms with E-state index in [4.69, 9.17) is 10.5 Å². The van der Waals surface area contributed by atoms with Crippen molar-refractivity contribution in [1.82, 2.24) is 9.27 Å². The SMILES string of the molecule is CCCN(CC)CCNc1snc(N)c1OCC. The molecule has 0 spiro atoms. The Morgan fingerprint density at radius 1 is 1.33 bits per heavy atom. The molecule has 5 nitrogen and oxygen atoms in total. The van der Waals surface area contributed by atoms with Crippen molar-refractivity contribution in [3.63, 3.8) is 0 Å². The van der Waals surface area contributed by atoms with Gasteiger partial charge in [-0.3, -0.25) is 0 Å². The number of ether oxygens (including phenoxy) is 1. The van der Waals surface area contributed by atoms with Gasteiger partial charge in [0, 0.05) is 13.1 Å². The molecule has 18 heavy (non-hydrogen) atoms. The minimum absolute atomic E-state index is 0.477.